The Hall–Kier alpha value is -2.78. The Labute approximate surface area is 177 Å². The van der Waals surface area contributed by atoms with E-state index in [4.69, 9.17) is 21.1 Å². The van der Waals surface area contributed by atoms with Crippen LogP contribution in [-0.4, -0.2) is 46.1 Å². The first-order valence-corrected chi connectivity index (χ1v) is 9.99. The van der Waals surface area contributed by atoms with E-state index in [-0.39, 0.29) is 11.7 Å². The fourth-order valence-corrected chi connectivity index (χ4v) is 3.47. The van der Waals surface area contributed by atoms with Gasteiger partial charge in [-0.25, -0.2) is 0 Å². The predicted molar refractivity (Wildman–Crippen MR) is 113 cm³/mol. The van der Waals surface area contributed by atoms with Crippen molar-refractivity contribution in [1.29, 1.82) is 0 Å². The van der Waals surface area contributed by atoms with Crippen molar-refractivity contribution in [2.75, 3.05) is 25.3 Å². The average Bonchev–Trinajstić information content (AvgIpc) is 3.17. The van der Waals surface area contributed by atoms with Crippen LogP contribution in [-0.2, 0) is 4.79 Å². The molecule has 0 spiro atoms. The normalized spacial score (nSPS) is 10.7. The van der Waals surface area contributed by atoms with Crippen molar-refractivity contribution in [3.63, 3.8) is 0 Å². The highest BCUT2D eigenvalue weighted by molar-refractivity contribution is 7.99. The van der Waals surface area contributed by atoms with Crippen molar-refractivity contribution >= 4 is 35.0 Å². The summed E-state index contributed by atoms with van der Waals surface area (Å²) >= 11 is 7.32. The maximum absolute atomic E-state index is 12.5. The van der Waals surface area contributed by atoms with Crippen LogP contribution in [0.2, 0.25) is 5.02 Å². The first-order chi connectivity index (χ1) is 13.9. The molecule has 3 rings (SSSR count). The summed E-state index contributed by atoms with van der Waals surface area (Å²) in [5, 5.41) is 15.7. The third-order valence-corrected chi connectivity index (χ3v) is 5.42. The Morgan fingerprint density at radius 2 is 1.93 bits per heavy atom. The molecular weight excluding hydrogens is 414 g/mol. The fraction of sp³-hybridized carbons (Fsp3) is 0.263. The van der Waals surface area contributed by atoms with Crippen LogP contribution < -0.4 is 14.8 Å². The molecule has 152 valence electrons. The van der Waals surface area contributed by atoms with Gasteiger partial charge in [0.05, 0.1) is 25.7 Å². The number of methoxy groups -OCH3 is 2. The van der Waals surface area contributed by atoms with Gasteiger partial charge in [0.2, 0.25) is 11.1 Å². The molecule has 2 aromatic carbocycles. The number of hydrogen-bond donors (Lipinski definition) is 1. The lowest BCUT2D eigenvalue weighted by molar-refractivity contribution is -0.113. The SMILES string of the molecule is COc1cc(Cl)c(C)cc1NC(=O)CSc1nnnn1-c1cc(C)ccc1OC. The van der Waals surface area contributed by atoms with Gasteiger partial charge in [0.1, 0.15) is 17.2 Å². The van der Waals surface area contributed by atoms with Gasteiger partial charge in [-0.05, 0) is 53.6 Å². The number of carbonyl (C=O) groups is 1. The number of carbonyl (C=O) groups excluding carboxylic acids is 1. The third-order valence-electron chi connectivity index (χ3n) is 4.09. The largest absolute Gasteiger partial charge is 0.495 e. The summed E-state index contributed by atoms with van der Waals surface area (Å²) in [6.07, 6.45) is 0. The monoisotopic (exact) mass is 433 g/mol. The minimum absolute atomic E-state index is 0.110. The smallest absolute Gasteiger partial charge is 0.234 e. The van der Waals surface area contributed by atoms with Crippen molar-refractivity contribution in [3.05, 3.63) is 46.5 Å². The zero-order valence-electron chi connectivity index (χ0n) is 16.4. The van der Waals surface area contributed by atoms with Crippen LogP contribution >= 0.6 is 23.4 Å². The van der Waals surface area contributed by atoms with Crippen LogP contribution in [0.25, 0.3) is 5.69 Å². The maximum atomic E-state index is 12.5. The van der Waals surface area contributed by atoms with Gasteiger partial charge in [0, 0.05) is 11.1 Å². The Morgan fingerprint density at radius 3 is 2.66 bits per heavy atom. The minimum atomic E-state index is -0.222. The molecule has 0 bridgehead atoms. The number of nitrogens with one attached hydrogen (secondary N) is 1. The molecule has 0 radical (unpaired) electrons. The van der Waals surface area contributed by atoms with Gasteiger partial charge in [-0.1, -0.05) is 29.4 Å². The standard InChI is InChI=1S/C19H20ClN5O3S/c1-11-5-6-16(27-3)15(7-11)25-19(22-23-24-25)29-10-18(26)21-14-8-12(2)13(20)9-17(14)28-4/h5-9H,10H2,1-4H3,(H,21,26). The lowest BCUT2D eigenvalue weighted by atomic mass is 10.2. The van der Waals surface area contributed by atoms with Gasteiger partial charge in [-0.15, -0.1) is 5.10 Å². The number of ether oxygens (including phenoxy) is 2. The number of nitrogens with zero attached hydrogens (tertiary/aromatic N) is 4. The number of rotatable bonds is 7. The molecule has 29 heavy (non-hydrogen) atoms. The first kappa shape index (κ1) is 20.9. The number of benzene rings is 2. The van der Waals surface area contributed by atoms with E-state index in [9.17, 15) is 4.79 Å². The third kappa shape index (κ3) is 4.80. The van der Waals surface area contributed by atoms with Gasteiger partial charge in [-0.2, -0.15) is 4.68 Å². The molecule has 0 fully saturated rings. The second kappa shape index (κ2) is 9.15. The van der Waals surface area contributed by atoms with E-state index in [0.29, 0.717) is 33.1 Å². The molecule has 0 saturated carbocycles. The summed E-state index contributed by atoms with van der Waals surface area (Å²) < 4.78 is 12.2. The number of amides is 1. The Morgan fingerprint density at radius 1 is 1.17 bits per heavy atom. The molecular formula is C19H20ClN5O3S. The summed E-state index contributed by atoms with van der Waals surface area (Å²) in [5.74, 6) is 1.02. The highest BCUT2D eigenvalue weighted by atomic mass is 35.5. The molecule has 0 unspecified atom stereocenters. The van der Waals surface area contributed by atoms with E-state index < -0.39 is 0 Å². The number of aromatic nitrogens is 4. The van der Waals surface area contributed by atoms with Gasteiger partial charge >= 0.3 is 0 Å². The Bertz CT molecular complexity index is 1040. The number of tetrazole rings is 1. The molecule has 1 amide bonds. The molecule has 1 N–H and O–H groups in total. The van der Waals surface area contributed by atoms with Crippen LogP contribution in [0, 0.1) is 13.8 Å². The van der Waals surface area contributed by atoms with Gasteiger partial charge in [0.15, 0.2) is 0 Å². The van der Waals surface area contributed by atoms with E-state index in [1.54, 1.807) is 23.9 Å². The zero-order valence-corrected chi connectivity index (χ0v) is 18.0. The van der Waals surface area contributed by atoms with Crippen LogP contribution in [0.4, 0.5) is 5.69 Å². The lowest BCUT2D eigenvalue weighted by Gasteiger charge is -2.12. The second-order valence-corrected chi connectivity index (χ2v) is 7.54. The predicted octanol–water partition coefficient (Wildman–Crippen LogP) is 3.68. The highest BCUT2D eigenvalue weighted by Gasteiger charge is 2.16. The minimum Gasteiger partial charge on any atom is -0.495 e. The number of halogens is 1. The Kier molecular flexibility index (Phi) is 6.60. The van der Waals surface area contributed by atoms with E-state index in [1.807, 2.05) is 32.0 Å². The molecule has 1 heterocycles. The van der Waals surface area contributed by atoms with Crippen LogP contribution in [0.3, 0.4) is 0 Å². The maximum Gasteiger partial charge on any atom is 0.234 e. The number of thioether (sulfide) groups is 1. The molecule has 10 heteroatoms. The quantitative estimate of drug-likeness (QED) is 0.568. The topological polar surface area (TPSA) is 91.2 Å². The molecule has 8 nitrogen and oxygen atoms in total. The van der Waals surface area contributed by atoms with E-state index >= 15 is 0 Å². The van der Waals surface area contributed by atoms with Crippen LogP contribution in [0.5, 0.6) is 11.5 Å². The summed E-state index contributed by atoms with van der Waals surface area (Å²) in [6, 6.07) is 9.15. The first-order valence-electron chi connectivity index (χ1n) is 8.63. The van der Waals surface area contributed by atoms with Crippen molar-refractivity contribution < 1.29 is 14.3 Å². The number of anilines is 1. The molecule has 0 saturated heterocycles. The summed E-state index contributed by atoms with van der Waals surface area (Å²) in [4.78, 5) is 12.5. The number of hydrogen-bond acceptors (Lipinski definition) is 7. The van der Waals surface area contributed by atoms with Crippen molar-refractivity contribution in [2.24, 2.45) is 0 Å². The molecule has 0 aliphatic rings. The number of aryl methyl sites for hydroxylation is 2. The van der Waals surface area contributed by atoms with Crippen LogP contribution in [0.15, 0.2) is 35.5 Å². The van der Waals surface area contributed by atoms with E-state index in [0.717, 1.165) is 11.1 Å². The lowest BCUT2D eigenvalue weighted by Crippen LogP contribution is -2.15. The van der Waals surface area contributed by atoms with Crippen molar-refractivity contribution in [1.82, 2.24) is 20.2 Å². The van der Waals surface area contributed by atoms with E-state index in [1.165, 1.54) is 18.9 Å². The molecule has 0 aliphatic heterocycles. The highest BCUT2D eigenvalue weighted by Crippen LogP contribution is 2.31. The summed E-state index contributed by atoms with van der Waals surface area (Å²) in [5.41, 5.74) is 3.14. The zero-order chi connectivity index (χ0) is 21.0. The molecule has 1 aromatic heterocycles. The van der Waals surface area contributed by atoms with Gasteiger partial charge in [-0.3, -0.25) is 4.79 Å². The molecule has 0 aliphatic carbocycles. The van der Waals surface area contributed by atoms with Gasteiger partial charge in [0.25, 0.3) is 0 Å². The van der Waals surface area contributed by atoms with Crippen LogP contribution in [0.1, 0.15) is 11.1 Å². The van der Waals surface area contributed by atoms with E-state index in [2.05, 4.69) is 20.8 Å². The summed E-state index contributed by atoms with van der Waals surface area (Å²) in [6.45, 7) is 3.82. The van der Waals surface area contributed by atoms with Gasteiger partial charge < -0.3 is 14.8 Å². The fourth-order valence-electron chi connectivity index (χ4n) is 2.63. The van der Waals surface area contributed by atoms with Crippen molar-refractivity contribution in [2.45, 2.75) is 19.0 Å². The average molecular weight is 434 g/mol. The molecule has 3 aromatic rings. The molecule has 0 atom stereocenters. The van der Waals surface area contributed by atoms with Crippen molar-refractivity contribution in [3.8, 4) is 17.2 Å². The summed E-state index contributed by atoms with van der Waals surface area (Å²) in [7, 11) is 3.11. The Balaban J connectivity index is 1.74. The second-order valence-electron chi connectivity index (χ2n) is 6.19.